The Morgan fingerprint density at radius 3 is 1.52 bits per heavy atom. The van der Waals surface area contributed by atoms with Gasteiger partial charge in [-0.25, -0.2) is 0 Å². The van der Waals surface area contributed by atoms with Crippen molar-refractivity contribution >= 4 is 66.2 Å². The van der Waals surface area contributed by atoms with E-state index in [-0.39, 0.29) is 0 Å². The fourth-order valence-electron chi connectivity index (χ4n) is 5.16. The average molecular weight is 534 g/mol. The molecule has 0 aliphatic heterocycles. The van der Waals surface area contributed by atoms with E-state index in [1.807, 2.05) is 0 Å². The second-order valence-corrected chi connectivity index (χ2v) is 9.65. The SMILES string of the molecule is Ic1ccc2c3cc4c(cc3n(-c3ccccc3)c2c1)c1ccccc1n4-c1ccccc1. The van der Waals surface area contributed by atoms with E-state index < -0.39 is 0 Å². The first kappa shape index (κ1) is 18.9. The van der Waals surface area contributed by atoms with E-state index >= 15 is 0 Å². The Morgan fingerprint density at radius 2 is 0.879 bits per heavy atom. The van der Waals surface area contributed by atoms with Crippen molar-refractivity contribution in [1.29, 1.82) is 0 Å². The maximum atomic E-state index is 2.41. The molecule has 3 heteroatoms. The van der Waals surface area contributed by atoms with Crippen LogP contribution in [0.4, 0.5) is 0 Å². The molecule has 0 fully saturated rings. The largest absolute Gasteiger partial charge is 0.309 e. The molecule has 0 N–H and O–H groups in total. The van der Waals surface area contributed by atoms with Crippen molar-refractivity contribution in [3.63, 3.8) is 0 Å². The Balaban J connectivity index is 1.71. The van der Waals surface area contributed by atoms with E-state index in [2.05, 4.69) is 147 Å². The highest BCUT2D eigenvalue weighted by atomic mass is 127. The predicted molar refractivity (Wildman–Crippen MR) is 148 cm³/mol. The highest BCUT2D eigenvalue weighted by molar-refractivity contribution is 14.1. The lowest BCUT2D eigenvalue weighted by Gasteiger charge is -2.09. The number of fused-ring (bicyclic) bond motifs is 6. The Kier molecular flexibility index (Phi) is 4.15. The van der Waals surface area contributed by atoms with Crippen LogP contribution in [-0.2, 0) is 0 Å². The number of hydrogen-bond acceptors (Lipinski definition) is 0. The van der Waals surface area contributed by atoms with Gasteiger partial charge in [0.15, 0.2) is 0 Å². The van der Waals surface area contributed by atoms with Crippen molar-refractivity contribution < 1.29 is 0 Å². The molecule has 5 aromatic carbocycles. The molecule has 0 amide bonds. The molecule has 0 unspecified atom stereocenters. The van der Waals surface area contributed by atoms with Crippen molar-refractivity contribution in [2.24, 2.45) is 0 Å². The Labute approximate surface area is 204 Å². The van der Waals surface area contributed by atoms with Crippen molar-refractivity contribution in [2.75, 3.05) is 0 Å². The zero-order valence-electron chi connectivity index (χ0n) is 17.7. The number of benzene rings is 5. The summed E-state index contributed by atoms with van der Waals surface area (Å²) in [6.45, 7) is 0. The van der Waals surface area contributed by atoms with Crippen LogP contribution in [0.25, 0.3) is 55.0 Å². The summed E-state index contributed by atoms with van der Waals surface area (Å²) in [7, 11) is 0. The van der Waals surface area contributed by atoms with Gasteiger partial charge in [-0.2, -0.15) is 0 Å². The minimum absolute atomic E-state index is 1.18. The summed E-state index contributed by atoms with van der Waals surface area (Å²) in [6.07, 6.45) is 0. The van der Waals surface area contributed by atoms with Crippen molar-refractivity contribution in [1.82, 2.24) is 9.13 Å². The summed E-state index contributed by atoms with van der Waals surface area (Å²) >= 11 is 2.41. The first-order chi connectivity index (χ1) is 16.3. The first-order valence-electron chi connectivity index (χ1n) is 11.1. The fraction of sp³-hybridized carbons (Fsp3) is 0. The smallest absolute Gasteiger partial charge is 0.0551 e. The normalized spacial score (nSPS) is 11.8. The molecule has 0 atom stereocenters. The molecule has 33 heavy (non-hydrogen) atoms. The zero-order chi connectivity index (χ0) is 21.9. The molecule has 7 aromatic rings. The maximum absolute atomic E-state index is 2.41. The van der Waals surface area contributed by atoms with Gasteiger partial charge in [0, 0.05) is 36.5 Å². The molecular weight excluding hydrogens is 515 g/mol. The molecule has 0 saturated heterocycles. The molecule has 0 aliphatic rings. The van der Waals surface area contributed by atoms with Crippen LogP contribution in [0.15, 0.2) is 115 Å². The molecule has 156 valence electrons. The third-order valence-corrected chi connectivity index (χ3v) is 7.22. The minimum Gasteiger partial charge on any atom is -0.309 e. The molecule has 2 aromatic heterocycles. The van der Waals surface area contributed by atoms with Gasteiger partial charge in [0.1, 0.15) is 0 Å². The van der Waals surface area contributed by atoms with Gasteiger partial charge in [0.2, 0.25) is 0 Å². The van der Waals surface area contributed by atoms with Crippen LogP contribution in [0.1, 0.15) is 0 Å². The number of halogens is 1. The van der Waals surface area contributed by atoms with Crippen molar-refractivity contribution in [2.45, 2.75) is 0 Å². The van der Waals surface area contributed by atoms with Crippen LogP contribution in [0.5, 0.6) is 0 Å². The van der Waals surface area contributed by atoms with Crippen LogP contribution in [-0.4, -0.2) is 9.13 Å². The van der Waals surface area contributed by atoms with E-state index in [0.29, 0.717) is 0 Å². The standard InChI is InChI=1S/C30H19IN2/c31-20-15-16-24-26-19-29-25(18-30(26)33(28(24)17-20)22-11-5-2-6-12-22)23-13-7-8-14-27(23)32(29)21-9-3-1-4-10-21/h1-19H. The Morgan fingerprint density at radius 1 is 0.394 bits per heavy atom. The minimum atomic E-state index is 1.18. The summed E-state index contributed by atoms with van der Waals surface area (Å²) in [4.78, 5) is 0. The number of aromatic nitrogens is 2. The second-order valence-electron chi connectivity index (χ2n) is 8.41. The van der Waals surface area contributed by atoms with Gasteiger partial charge in [-0.05, 0) is 77.2 Å². The van der Waals surface area contributed by atoms with Crippen LogP contribution in [0.3, 0.4) is 0 Å². The summed E-state index contributed by atoms with van der Waals surface area (Å²) in [5, 5.41) is 5.10. The molecule has 2 nitrogen and oxygen atoms in total. The number of rotatable bonds is 2. The summed E-state index contributed by atoms with van der Waals surface area (Å²) < 4.78 is 6.03. The monoisotopic (exact) mass is 534 g/mol. The lowest BCUT2D eigenvalue weighted by atomic mass is 10.1. The van der Waals surface area contributed by atoms with Gasteiger partial charge in [0.25, 0.3) is 0 Å². The van der Waals surface area contributed by atoms with Gasteiger partial charge in [0.05, 0.1) is 22.1 Å². The highest BCUT2D eigenvalue weighted by Gasteiger charge is 2.18. The van der Waals surface area contributed by atoms with Crippen LogP contribution < -0.4 is 0 Å². The molecule has 0 saturated carbocycles. The number of hydrogen-bond donors (Lipinski definition) is 0. The summed E-state index contributed by atoms with van der Waals surface area (Å²) in [5.41, 5.74) is 7.32. The topological polar surface area (TPSA) is 9.86 Å². The van der Waals surface area contributed by atoms with E-state index in [0.717, 1.165) is 0 Å². The summed E-state index contributed by atoms with van der Waals surface area (Å²) in [5.74, 6) is 0. The second kappa shape index (κ2) is 7.22. The van der Waals surface area contributed by atoms with Crippen molar-refractivity contribution in [3.05, 3.63) is 119 Å². The van der Waals surface area contributed by atoms with Gasteiger partial charge < -0.3 is 9.13 Å². The average Bonchev–Trinajstić information content (AvgIpc) is 3.35. The lowest BCUT2D eigenvalue weighted by molar-refractivity contribution is 1.17. The third-order valence-electron chi connectivity index (χ3n) is 6.55. The lowest BCUT2D eigenvalue weighted by Crippen LogP contribution is -1.94. The van der Waals surface area contributed by atoms with Crippen LogP contribution >= 0.6 is 22.6 Å². The zero-order valence-corrected chi connectivity index (χ0v) is 19.9. The Hall–Kier alpha value is -3.57. The van der Waals surface area contributed by atoms with Gasteiger partial charge in [-0.15, -0.1) is 0 Å². The molecule has 0 aliphatic carbocycles. The van der Waals surface area contributed by atoms with E-state index in [1.165, 1.54) is 58.6 Å². The number of para-hydroxylation sites is 3. The van der Waals surface area contributed by atoms with Crippen LogP contribution in [0, 0.1) is 3.57 Å². The molecule has 7 rings (SSSR count). The molecule has 0 radical (unpaired) electrons. The molecule has 0 bridgehead atoms. The summed E-state index contributed by atoms with van der Waals surface area (Å²) in [6, 6.07) is 41.6. The van der Waals surface area contributed by atoms with Crippen molar-refractivity contribution in [3.8, 4) is 11.4 Å². The van der Waals surface area contributed by atoms with Crippen LogP contribution in [0.2, 0.25) is 0 Å². The number of nitrogens with zero attached hydrogens (tertiary/aromatic N) is 2. The first-order valence-corrected chi connectivity index (χ1v) is 12.2. The van der Waals surface area contributed by atoms with E-state index in [4.69, 9.17) is 0 Å². The Bertz CT molecular complexity index is 1810. The van der Waals surface area contributed by atoms with Gasteiger partial charge >= 0.3 is 0 Å². The van der Waals surface area contributed by atoms with E-state index in [9.17, 15) is 0 Å². The van der Waals surface area contributed by atoms with E-state index in [1.54, 1.807) is 0 Å². The maximum Gasteiger partial charge on any atom is 0.0551 e. The van der Waals surface area contributed by atoms with Gasteiger partial charge in [-0.1, -0.05) is 60.7 Å². The molecule has 0 spiro atoms. The highest BCUT2D eigenvalue weighted by Crippen LogP contribution is 2.39. The fourth-order valence-corrected chi connectivity index (χ4v) is 5.64. The van der Waals surface area contributed by atoms with Gasteiger partial charge in [-0.3, -0.25) is 0 Å². The predicted octanol–water partition coefficient (Wildman–Crippen LogP) is 8.49. The quantitative estimate of drug-likeness (QED) is 0.197. The third kappa shape index (κ3) is 2.79. The molecular formula is C30H19IN2. The molecule has 2 heterocycles.